The lowest BCUT2D eigenvalue weighted by atomic mass is 10.2. The van der Waals surface area contributed by atoms with Gasteiger partial charge in [-0.2, -0.15) is 5.10 Å². The molecule has 0 radical (unpaired) electrons. The predicted molar refractivity (Wildman–Crippen MR) is 109 cm³/mol. The van der Waals surface area contributed by atoms with Crippen LogP contribution in [0, 0.1) is 0 Å². The number of amides is 1. The van der Waals surface area contributed by atoms with Crippen LogP contribution in [0.1, 0.15) is 30.2 Å². The highest BCUT2D eigenvalue weighted by atomic mass is 35.5. The maximum atomic E-state index is 12.2. The van der Waals surface area contributed by atoms with Crippen molar-refractivity contribution in [1.29, 1.82) is 0 Å². The van der Waals surface area contributed by atoms with Gasteiger partial charge in [-0.1, -0.05) is 11.6 Å². The van der Waals surface area contributed by atoms with Crippen LogP contribution in [-0.4, -0.2) is 25.8 Å². The van der Waals surface area contributed by atoms with Crippen LogP contribution in [0.15, 0.2) is 41.5 Å². The fourth-order valence-electron chi connectivity index (χ4n) is 2.48. The van der Waals surface area contributed by atoms with Gasteiger partial charge in [-0.15, -0.1) is 0 Å². The zero-order valence-electron chi connectivity index (χ0n) is 14.5. The first-order valence-corrected chi connectivity index (χ1v) is 8.86. The summed E-state index contributed by atoms with van der Waals surface area (Å²) in [5, 5.41) is 11.0. The molecule has 0 fully saturated rings. The second-order valence-corrected chi connectivity index (χ2v) is 6.83. The van der Waals surface area contributed by atoms with E-state index in [1.165, 1.54) is 10.6 Å². The SMILES string of the molecule is CC(C)n1ccc(C(=O)NNC(=S)Nc2ccc3[nH]ncc3c2Cl)cc1=O. The van der Waals surface area contributed by atoms with Crippen LogP contribution in [-0.2, 0) is 0 Å². The Bertz CT molecular complexity index is 1070. The highest BCUT2D eigenvalue weighted by Crippen LogP contribution is 2.29. The van der Waals surface area contributed by atoms with Crippen molar-refractivity contribution >= 4 is 51.4 Å². The van der Waals surface area contributed by atoms with Crippen LogP contribution in [0.25, 0.3) is 10.9 Å². The van der Waals surface area contributed by atoms with Crippen molar-refractivity contribution in [3.63, 3.8) is 0 Å². The van der Waals surface area contributed by atoms with Gasteiger partial charge in [0.2, 0.25) is 0 Å². The van der Waals surface area contributed by atoms with E-state index in [1.54, 1.807) is 24.5 Å². The summed E-state index contributed by atoms with van der Waals surface area (Å²) in [6.45, 7) is 3.78. The number of aromatic amines is 1. The van der Waals surface area contributed by atoms with E-state index in [-0.39, 0.29) is 22.3 Å². The molecule has 0 saturated heterocycles. The summed E-state index contributed by atoms with van der Waals surface area (Å²) in [6.07, 6.45) is 3.19. The Balaban J connectivity index is 1.63. The molecule has 0 saturated carbocycles. The fourth-order valence-corrected chi connectivity index (χ4v) is 2.90. The number of fused-ring (bicyclic) bond motifs is 1. The van der Waals surface area contributed by atoms with Gasteiger partial charge in [0.1, 0.15) is 0 Å². The second kappa shape index (κ2) is 7.77. The molecule has 0 atom stereocenters. The first-order valence-electron chi connectivity index (χ1n) is 8.08. The van der Waals surface area contributed by atoms with Gasteiger partial charge in [-0.05, 0) is 44.3 Å². The van der Waals surface area contributed by atoms with Gasteiger partial charge < -0.3 is 9.88 Å². The van der Waals surface area contributed by atoms with Crippen molar-refractivity contribution in [2.24, 2.45) is 0 Å². The number of nitrogens with zero attached hydrogens (tertiary/aromatic N) is 2. The number of carbonyl (C=O) groups is 1. The average Bonchev–Trinajstić information content (AvgIpc) is 3.11. The van der Waals surface area contributed by atoms with Crippen molar-refractivity contribution in [3.05, 3.63) is 57.6 Å². The molecule has 0 aliphatic heterocycles. The smallest absolute Gasteiger partial charge is 0.269 e. The third-order valence-electron chi connectivity index (χ3n) is 3.86. The monoisotopic (exact) mass is 404 g/mol. The third kappa shape index (κ3) is 4.09. The van der Waals surface area contributed by atoms with E-state index in [0.29, 0.717) is 10.7 Å². The molecule has 0 aliphatic carbocycles. The van der Waals surface area contributed by atoms with Crippen molar-refractivity contribution in [3.8, 4) is 0 Å². The zero-order valence-corrected chi connectivity index (χ0v) is 16.1. The predicted octanol–water partition coefficient (Wildman–Crippen LogP) is 2.59. The fraction of sp³-hybridized carbons (Fsp3) is 0.176. The number of pyridine rings is 1. The number of H-pyrrole nitrogens is 1. The molecule has 1 aromatic carbocycles. The number of aromatic nitrogens is 3. The molecule has 2 heterocycles. The second-order valence-electron chi connectivity index (χ2n) is 6.05. The number of nitrogens with one attached hydrogen (secondary N) is 4. The quantitative estimate of drug-likeness (QED) is 0.395. The highest BCUT2D eigenvalue weighted by Gasteiger charge is 2.11. The summed E-state index contributed by atoms with van der Waals surface area (Å²) < 4.78 is 1.53. The average molecular weight is 405 g/mol. The molecular weight excluding hydrogens is 388 g/mol. The number of hydrogen-bond donors (Lipinski definition) is 4. The zero-order chi connectivity index (χ0) is 19.6. The van der Waals surface area contributed by atoms with Crippen LogP contribution in [0.3, 0.4) is 0 Å². The van der Waals surface area contributed by atoms with Crippen LogP contribution in [0.4, 0.5) is 5.69 Å². The Kier molecular flexibility index (Phi) is 5.43. The number of hydrogen-bond acceptors (Lipinski definition) is 4. The highest BCUT2D eigenvalue weighted by molar-refractivity contribution is 7.80. The Morgan fingerprint density at radius 2 is 2.07 bits per heavy atom. The molecular formula is C17H17ClN6O2S. The lowest BCUT2D eigenvalue weighted by molar-refractivity contribution is 0.0944. The van der Waals surface area contributed by atoms with Crippen LogP contribution in [0.2, 0.25) is 5.02 Å². The van der Waals surface area contributed by atoms with Gasteiger partial charge in [-0.3, -0.25) is 25.5 Å². The van der Waals surface area contributed by atoms with E-state index >= 15 is 0 Å². The van der Waals surface area contributed by atoms with E-state index in [0.717, 1.165) is 10.9 Å². The molecule has 3 aromatic rings. The summed E-state index contributed by atoms with van der Waals surface area (Å²) in [5.74, 6) is -0.483. The minimum Gasteiger partial charge on any atom is -0.330 e. The Morgan fingerprint density at radius 1 is 1.30 bits per heavy atom. The summed E-state index contributed by atoms with van der Waals surface area (Å²) in [7, 11) is 0. The maximum absolute atomic E-state index is 12.2. The number of benzene rings is 1. The molecule has 8 nitrogen and oxygen atoms in total. The molecule has 1 amide bonds. The van der Waals surface area contributed by atoms with E-state index in [1.807, 2.05) is 19.9 Å². The largest absolute Gasteiger partial charge is 0.330 e. The van der Waals surface area contributed by atoms with Crippen molar-refractivity contribution in [1.82, 2.24) is 25.6 Å². The van der Waals surface area contributed by atoms with Crippen LogP contribution in [0.5, 0.6) is 0 Å². The molecule has 10 heteroatoms. The first-order chi connectivity index (χ1) is 12.9. The normalized spacial score (nSPS) is 10.8. The minimum atomic E-state index is -0.483. The van der Waals surface area contributed by atoms with Crippen LogP contribution < -0.4 is 21.7 Å². The number of halogens is 1. The van der Waals surface area contributed by atoms with Gasteiger partial charge >= 0.3 is 0 Å². The number of rotatable bonds is 3. The lowest BCUT2D eigenvalue weighted by Crippen LogP contribution is -2.44. The van der Waals surface area contributed by atoms with Crippen molar-refractivity contribution in [2.75, 3.05) is 5.32 Å². The van der Waals surface area contributed by atoms with Gasteiger partial charge in [-0.25, -0.2) is 0 Å². The number of thiocarbonyl (C=S) groups is 1. The van der Waals surface area contributed by atoms with Gasteiger partial charge in [0.05, 0.1) is 22.4 Å². The summed E-state index contributed by atoms with van der Waals surface area (Å²) >= 11 is 11.5. The molecule has 3 rings (SSSR count). The van der Waals surface area contributed by atoms with Crippen molar-refractivity contribution < 1.29 is 4.79 Å². The Morgan fingerprint density at radius 3 is 2.78 bits per heavy atom. The first kappa shape index (κ1) is 18.9. The number of anilines is 1. The summed E-state index contributed by atoms with van der Waals surface area (Å²) in [4.78, 5) is 24.2. The lowest BCUT2D eigenvalue weighted by Gasteiger charge is -2.13. The molecule has 27 heavy (non-hydrogen) atoms. The maximum Gasteiger partial charge on any atom is 0.269 e. The van der Waals surface area contributed by atoms with Gasteiger partial charge in [0.25, 0.3) is 11.5 Å². The minimum absolute atomic E-state index is 0.0156. The molecule has 2 aromatic heterocycles. The van der Waals surface area contributed by atoms with Crippen LogP contribution >= 0.6 is 23.8 Å². The van der Waals surface area contributed by atoms with Crippen molar-refractivity contribution in [2.45, 2.75) is 19.9 Å². The van der Waals surface area contributed by atoms with E-state index < -0.39 is 5.91 Å². The van der Waals surface area contributed by atoms with E-state index in [2.05, 4.69) is 26.4 Å². The number of hydrazine groups is 1. The molecule has 0 bridgehead atoms. The molecule has 0 unspecified atom stereocenters. The van der Waals surface area contributed by atoms with Gasteiger partial charge in [0.15, 0.2) is 5.11 Å². The third-order valence-corrected chi connectivity index (χ3v) is 4.47. The molecule has 0 aliphatic rings. The molecule has 0 spiro atoms. The summed E-state index contributed by atoms with van der Waals surface area (Å²) in [6, 6.07) is 6.41. The Hall–Kier alpha value is -2.91. The van der Waals surface area contributed by atoms with Gasteiger partial charge in [0, 0.05) is 29.3 Å². The standard InChI is InChI=1S/C17H17ClN6O2S/c1-9(2)24-6-5-10(7-14(24)25)16(26)22-23-17(27)20-13-4-3-12-11(15(13)18)8-19-21-12/h3-9H,1-2H3,(H,19,21)(H,22,26)(H2,20,23,27). The van der Waals surface area contributed by atoms with E-state index in [4.69, 9.17) is 23.8 Å². The van der Waals surface area contributed by atoms with E-state index in [9.17, 15) is 9.59 Å². The summed E-state index contributed by atoms with van der Waals surface area (Å²) in [5.41, 5.74) is 6.37. The number of carbonyl (C=O) groups excluding carboxylic acids is 1. The molecule has 4 N–H and O–H groups in total. The topological polar surface area (TPSA) is 104 Å². The Labute approximate surface area is 164 Å². The molecule has 140 valence electrons.